The monoisotopic (exact) mass is 699 g/mol. The van der Waals surface area contributed by atoms with Gasteiger partial charge in [-0.25, -0.2) is 4.79 Å². The maximum absolute atomic E-state index is 13.2. The van der Waals surface area contributed by atoms with Crippen LogP contribution in [0.25, 0.3) is 0 Å². The SMILES string of the molecule is C=C(C)[C@@H]1CC[C@]2(COCC(=O)OC(C)(C)C)CC[C@]3(C)[C@H](CCC4[C@@]5(C)CC[C@H](OC(=O)CC(C)(C)CC(=O)O)C(C)(C)C5CC[C@]43C)C12. The maximum atomic E-state index is 13.2. The van der Waals surface area contributed by atoms with Gasteiger partial charge in [-0.3, -0.25) is 9.59 Å². The van der Waals surface area contributed by atoms with Gasteiger partial charge in [-0.15, -0.1) is 0 Å². The maximum Gasteiger partial charge on any atom is 0.332 e. The fraction of sp³-hybridized carbons (Fsp3) is 0.884. The van der Waals surface area contributed by atoms with E-state index in [9.17, 15) is 19.5 Å². The van der Waals surface area contributed by atoms with Crippen LogP contribution in [-0.2, 0) is 28.6 Å². The highest BCUT2D eigenvalue weighted by atomic mass is 16.6. The predicted molar refractivity (Wildman–Crippen MR) is 196 cm³/mol. The van der Waals surface area contributed by atoms with Crippen molar-refractivity contribution in [2.75, 3.05) is 13.2 Å². The van der Waals surface area contributed by atoms with Crippen molar-refractivity contribution < 1.29 is 33.7 Å². The molecule has 0 spiro atoms. The van der Waals surface area contributed by atoms with E-state index in [1.807, 2.05) is 34.6 Å². The summed E-state index contributed by atoms with van der Waals surface area (Å²) in [7, 11) is 0. The molecule has 5 fully saturated rings. The molecule has 0 saturated heterocycles. The molecule has 10 atom stereocenters. The van der Waals surface area contributed by atoms with Gasteiger partial charge in [0, 0.05) is 5.41 Å². The highest BCUT2D eigenvalue weighted by molar-refractivity contribution is 5.73. The minimum absolute atomic E-state index is 0.0110. The van der Waals surface area contributed by atoms with Crippen molar-refractivity contribution in [3.8, 4) is 0 Å². The number of fused-ring (bicyclic) bond motifs is 7. The van der Waals surface area contributed by atoms with Crippen LogP contribution in [0.5, 0.6) is 0 Å². The van der Waals surface area contributed by atoms with E-state index in [4.69, 9.17) is 14.2 Å². The van der Waals surface area contributed by atoms with Gasteiger partial charge in [0.1, 0.15) is 18.3 Å². The zero-order chi connectivity index (χ0) is 37.3. The number of carboxylic acids is 1. The molecule has 5 aliphatic rings. The van der Waals surface area contributed by atoms with Crippen molar-refractivity contribution in [1.29, 1.82) is 0 Å². The molecule has 5 rings (SSSR count). The zero-order valence-corrected chi connectivity index (χ0v) is 33.5. The number of rotatable bonds is 10. The number of hydrogen-bond donors (Lipinski definition) is 1. The molecule has 7 nitrogen and oxygen atoms in total. The minimum atomic E-state index is -0.886. The quantitative estimate of drug-likeness (QED) is 0.179. The summed E-state index contributed by atoms with van der Waals surface area (Å²) in [5.41, 5.74) is 0.613. The van der Waals surface area contributed by atoms with Crippen LogP contribution in [0.4, 0.5) is 0 Å². The van der Waals surface area contributed by atoms with Crippen LogP contribution < -0.4 is 0 Å². The topological polar surface area (TPSA) is 99.1 Å². The lowest BCUT2D eigenvalue weighted by atomic mass is 9.32. The first-order chi connectivity index (χ1) is 22.9. The van der Waals surface area contributed by atoms with E-state index in [-0.39, 0.29) is 64.6 Å². The third-order valence-corrected chi connectivity index (χ3v) is 15.7. The Morgan fingerprint density at radius 2 is 1.46 bits per heavy atom. The Morgan fingerprint density at radius 1 is 0.780 bits per heavy atom. The molecule has 7 heteroatoms. The molecule has 1 N–H and O–H groups in total. The van der Waals surface area contributed by atoms with E-state index < -0.39 is 17.0 Å². The van der Waals surface area contributed by atoms with Gasteiger partial charge in [0.15, 0.2) is 0 Å². The second kappa shape index (κ2) is 13.2. The van der Waals surface area contributed by atoms with Gasteiger partial charge in [0.05, 0.1) is 19.4 Å². The molecule has 3 unspecified atom stereocenters. The highest BCUT2D eigenvalue weighted by Crippen LogP contribution is 2.77. The van der Waals surface area contributed by atoms with Crippen molar-refractivity contribution >= 4 is 17.9 Å². The lowest BCUT2D eigenvalue weighted by Crippen LogP contribution is -2.67. The Labute approximate surface area is 303 Å². The van der Waals surface area contributed by atoms with Crippen LogP contribution in [0, 0.1) is 62.1 Å². The third-order valence-electron chi connectivity index (χ3n) is 15.7. The number of carbonyl (C=O) groups excluding carboxylic acids is 2. The lowest BCUT2D eigenvalue weighted by molar-refractivity contribution is -0.252. The van der Waals surface area contributed by atoms with Crippen molar-refractivity contribution in [1.82, 2.24) is 0 Å². The standard InChI is InChI=1S/C43H70O7/c1-27(2)28-15-20-43(26-48-25-35(47)50-37(3,4)5)22-21-41(11)29(36(28)43)13-14-31-40(10)18-17-32(39(8,9)30(40)16-19-42(31,41)12)49-34(46)24-38(6,7)23-33(44)45/h28-32,36H,1,13-26H2,2-12H3,(H,44,45)/t28-,29+,30?,31?,32-,36?,40-,41+,42+,43+/m0/s1. The number of carbonyl (C=O) groups is 3. The summed E-state index contributed by atoms with van der Waals surface area (Å²) < 4.78 is 18.1. The van der Waals surface area contributed by atoms with Crippen LogP contribution in [0.3, 0.4) is 0 Å². The largest absolute Gasteiger partial charge is 0.481 e. The summed E-state index contributed by atoms with van der Waals surface area (Å²) in [4.78, 5) is 37.2. The summed E-state index contributed by atoms with van der Waals surface area (Å²) in [6.45, 7) is 29.3. The van der Waals surface area contributed by atoms with Crippen molar-refractivity contribution in [3.05, 3.63) is 12.2 Å². The van der Waals surface area contributed by atoms with Gasteiger partial charge >= 0.3 is 17.9 Å². The number of allylic oxidation sites excluding steroid dienone is 1. The molecular weight excluding hydrogens is 628 g/mol. The fourth-order valence-electron chi connectivity index (χ4n) is 13.5. The molecule has 0 amide bonds. The number of ether oxygens (including phenoxy) is 3. The van der Waals surface area contributed by atoms with Gasteiger partial charge < -0.3 is 19.3 Å². The Kier molecular flexibility index (Phi) is 10.4. The summed E-state index contributed by atoms with van der Waals surface area (Å²) in [6, 6.07) is 0. The molecule has 0 aromatic heterocycles. The molecular formula is C43H70O7. The smallest absolute Gasteiger partial charge is 0.332 e. The molecule has 0 radical (unpaired) electrons. The number of carboxylic acid groups (broad SMARTS) is 1. The minimum Gasteiger partial charge on any atom is -0.481 e. The number of esters is 2. The molecule has 0 heterocycles. The number of aliphatic carboxylic acids is 1. The number of hydrogen-bond acceptors (Lipinski definition) is 6. The summed E-state index contributed by atoms with van der Waals surface area (Å²) in [5.74, 6) is 1.20. The summed E-state index contributed by atoms with van der Waals surface area (Å²) in [6.07, 6.45) is 11.2. The first-order valence-electron chi connectivity index (χ1n) is 19.8. The van der Waals surface area contributed by atoms with Crippen molar-refractivity contribution in [3.63, 3.8) is 0 Å². The van der Waals surface area contributed by atoms with Crippen molar-refractivity contribution in [2.45, 2.75) is 165 Å². The van der Waals surface area contributed by atoms with Gasteiger partial charge in [-0.2, -0.15) is 0 Å². The van der Waals surface area contributed by atoms with E-state index in [0.717, 1.165) is 38.5 Å². The van der Waals surface area contributed by atoms with E-state index in [1.54, 1.807) is 0 Å². The Balaban J connectivity index is 1.35. The Bertz CT molecular complexity index is 1340. The molecule has 5 aliphatic carbocycles. The second-order valence-corrected chi connectivity index (χ2v) is 20.9. The lowest BCUT2D eigenvalue weighted by Gasteiger charge is -2.73. The van der Waals surface area contributed by atoms with Gasteiger partial charge in [-0.05, 0) is 149 Å². The first-order valence-corrected chi connectivity index (χ1v) is 19.8. The molecule has 0 aromatic carbocycles. The van der Waals surface area contributed by atoms with Gasteiger partial charge in [-0.1, -0.05) is 60.6 Å². The second-order valence-electron chi connectivity index (χ2n) is 20.9. The zero-order valence-electron chi connectivity index (χ0n) is 33.5. The molecule has 284 valence electrons. The highest BCUT2D eigenvalue weighted by Gasteiger charge is 2.71. The van der Waals surface area contributed by atoms with E-state index in [2.05, 4.69) is 48.1 Å². The molecule has 0 bridgehead atoms. The van der Waals surface area contributed by atoms with E-state index in [1.165, 1.54) is 31.3 Å². The van der Waals surface area contributed by atoms with Crippen LogP contribution in [-0.4, -0.2) is 47.9 Å². The third kappa shape index (κ3) is 6.84. The van der Waals surface area contributed by atoms with Crippen LogP contribution in [0.2, 0.25) is 0 Å². The van der Waals surface area contributed by atoms with Crippen LogP contribution >= 0.6 is 0 Å². The average molecular weight is 699 g/mol. The van der Waals surface area contributed by atoms with Gasteiger partial charge in [0.25, 0.3) is 0 Å². The Hall–Kier alpha value is -1.89. The molecule has 5 saturated carbocycles. The van der Waals surface area contributed by atoms with Crippen LogP contribution in [0.1, 0.15) is 153 Å². The van der Waals surface area contributed by atoms with Gasteiger partial charge in [0.2, 0.25) is 0 Å². The van der Waals surface area contributed by atoms with Crippen LogP contribution in [0.15, 0.2) is 12.2 Å². The molecule has 0 aliphatic heterocycles. The molecule has 50 heavy (non-hydrogen) atoms. The fourth-order valence-corrected chi connectivity index (χ4v) is 13.5. The van der Waals surface area contributed by atoms with E-state index >= 15 is 0 Å². The average Bonchev–Trinajstić information content (AvgIpc) is 3.33. The Morgan fingerprint density at radius 3 is 2.08 bits per heavy atom. The normalized spacial score (nSPS) is 40.8. The summed E-state index contributed by atoms with van der Waals surface area (Å²) in [5, 5.41) is 9.33. The summed E-state index contributed by atoms with van der Waals surface area (Å²) >= 11 is 0. The predicted octanol–water partition coefficient (Wildman–Crippen LogP) is 9.81. The van der Waals surface area contributed by atoms with Crippen molar-refractivity contribution in [2.24, 2.45) is 62.1 Å². The van der Waals surface area contributed by atoms with E-state index in [0.29, 0.717) is 36.2 Å². The molecule has 0 aromatic rings. The first kappa shape index (κ1) is 39.3.